The lowest BCUT2D eigenvalue weighted by Crippen LogP contribution is -2.24. The van der Waals surface area contributed by atoms with Crippen LogP contribution in [0.4, 0.5) is 9.59 Å². The molecule has 0 amide bonds. The van der Waals surface area contributed by atoms with Gasteiger partial charge in [0.15, 0.2) is 0 Å². The number of hydrogen-bond donors (Lipinski definition) is 0. The van der Waals surface area contributed by atoms with Crippen molar-refractivity contribution in [3.05, 3.63) is 78.7 Å². The second kappa shape index (κ2) is 24.3. The minimum absolute atomic E-state index is 0.00382. The number of methoxy groups -OCH3 is 1. The molecule has 14 nitrogen and oxygen atoms in total. The Hall–Kier alpha value is -4.91. The van der Waals surface area contributed by atoms with E-state index in [9.17, 15) is 19.2 Å². The van der Waals surface area contributed by atoms with E-state index in [-0.39, 0.29) is 56.4 Å². The number of benzene rings is 2. The zero-order valence-electron chi connectivity index (χ0n) is 26.7. The van der Waals surface area contributed by atoms with Crippen molar-refractivity contribution in [3.63, 3.8) is 0 Å². The molecule has 2 aliphatic rings. The maximum Gasteiger partial charge on any atom is 0.508 e. The third kappa shape index (κ3) is 24.1. The summed E-state index contributed by atoms with van der Waals surface area (Å²) in [5, 5.41) is 0. The fraction of sp³-hybridized carbons (Fsp3) is 0.455. The molecule has 0 saturated carbocycles. The zero-order valence-corrected chi connectivity index (χ0v) is 26.7. The van der Waals surface area contributed by atoms with E-state index in [1.165, 1.54) is 14.0 Å². The Kier molecular flexibility index (Phi) is 20.8. The van der Waals surface area contributed by atoms with Crippen molar-refractivity contribution < 1.29 is 66.7 Å². The SMILES string of the molecule is COC(=O)OCC(C)OC(=O)OCC(C)CC(=O)OCc1ccccc1.O=C(CC1CO1)OCc1ccccc1.O=C=O.[CH2+]C1CO1. The third-order valence-corrected chi connectivity index (χ3v) is 5.59. The van der Waals surface area contributed by atoms with Crippen LogP contribution in [0.25, 0.3) is 0 Å². The van der Waals surface area contributed by atoms with Crippen LogP contribution in [0.1, 0.15) is 37.8 Å². The van der Waals surface area contributed by atoms with Crippen molar-refractivity contribution in [1.82, 2.24) is 0 Å². The smallest absolute Gasteiger partial charge is 0.461 e. The monoisotopic (exact) mass is 661 g/mol. The average molecular weight is 662 g/mol. The van der Waals surface area contributed by atoms with Gasteiger partial charge in [-0.1, -0.05) is 67.6 Å². The molecule has 0 N–H and O–H groups in total. The first kappa shape index (κ1) is 40.1. The fourth-order valence-electron chi connectivity index (χ4n) is 3.06. The Morgan fingerprint density at radius 3 is 1.70 bits per heavy atom. The first-order valence-electron chi connectivity index (χ1n) is 14.5. The molecule has 0 aliphatic carbocycles. The molecule has 256 valence electrons. The first-order chi connectivity index (χ1) is 22.6. The van der Waals surface area contributed by atoms with Gasteiger partial charge in [0.25, 0.3) is 0 Å². The lowest BCUT2D eigenvalue weighted by Gasteiger charge is -2.15. The summed E-state index contributed by atoms with van der Waals surface area (Å²) >= 11 is 0. The number of esters is 2. The fourth-order valence-corrected chi connectivity index (χ4v) is 3.06. The number of epoxide rings is 2. The molecule has 14 heteroatoms. The minimum atomic E-state index is -0.907. The standard InChI is InChI=1S/C18H24O8.C11H12O3.C3H5O.CO2/c1-13(9-16(19)23-12-15-7-5-4-6-8-15)10-24-18(21)26-14(2)11-25-17(20)22-3;12-11(6-10-8-13-10)14-7-9-4-2-1-3-5-9;1-3-2-4-3;2-1-3/h4-8,13-14H,9-12H2,1-3H3;1-5,10H,6-8H2;3H,1-2H2;/q;;+1;. The van der Waals surface area contributed by atoms with Crippen LogP contribution in [0.15, 0.2) is 60.7 Å². The van der Waals surface area contributed by atoms with Crippen LogP contribution >= 0.6 is 0 Å². The van der Waals surface area contributed by atoms with Crippen LogP contribution in [0.2, 0.25) is 0 Å². The van der Waals surface area contributed by atoms with E-state index < -0.39 is 18.4 Å². The van der Waals surface area contributed by atoms with Crippen LogP contribution in [0.5, 0.6) is 0 Å². The highest BCUT2D eigenvalue weighted by Crippen LogP contribution is 2.14. The Bertz CT molecular complexity index is 1210. The highest BCUT2D eigenvalue weighted by Gasteiger charge is 2.26. The van der Waals surface area contributed by atoms with Crippen molar-refractivity contribution in [1.29, 1.82) is 0 Å². The maximum absolute atomic E-state index is 11.8. The van der Waals surface area contributed by atoms with Gasteiger partial charge in [-0.25, -0.2) is 9.59 Å². The average Bonchev–Trinajstić information content (AvgIpc) is 4.02. The second-order valence-electron chi connectivity index (χ2n) is 10.1. The molecule has 2 aromatic carbocycles. The molecule has 2 fully saturated rings. The normalized spacial score (nSPS) is 16.1. The van der Waals surface area contributed by atoms with Gasteiger partial charge in [0.1, 0.15) is 32.5 Å². The summed E-state index contributed by atoms with van der Waals surface area (Å²) in [6, 6.07) is 19.0. The quantitative estimate of drug-likeness (QED) is 0.129. The van der Waals surface area contributed by atoms with Gasteiger partial charge in [-0.15, -0.1) is 0 Å². The van der Waals surface area contributed by atoms with Gasteiger partial charge in [-0.3, -0.25) is 9.59 Å². The lowest BCUT2D eigenvalue weighted by molar-refractivity contribution is -0.191. The zero-order chi connectivity index (χ0) is 34.9. The van der Waals surface area contributed by atoms with Gasteiger partial charge in [0.2, 0.25) is 6.10 Å². The number of hydrogen-bond acceptors (Lipinski definition) is 14. The van der Waals surface area contributed by atoms with Gasteiger partial charge >= 0.3 is 30.4 Å². The number of carbonyl (C=O) groups excluding carboxylic acids is 6. The molecule has 0 bridgehead atoms. The highest BCUT2D eigenvalue weighted by molar-refractivity contribution is 5.70. The summed E-state index contributed by atoms with van der Waals surface area (Å²) in [7, 11) is 1.17. The number of ether oxygens (including phenoxy) is 8. The van der Waals surface area contributed by atoms with E-state index in [4.69, 9.17) is 33.3 Å². The van der Waals surface area contributed by atoms with Crippen LogP contribution in [-0.4, -0.2) is 82.3 Å². The number of carbonyl (C=O) groups is 4. The Balaban J connectivity index is 0.000000430. The third-order valence-electron chi connectivity index (χ3n) is 5.59. The van der Waals surface area contributed by atoms with Crippen LogP contribution in [0.3, 0.4) is 0 Å². The number of rotatable bonds is 13. The molecule has 0 radical (unpaired) electrons. The summed E-state index contributed by atoms with van der Waals surface area (Å²) in [4.78, 5) is 61.5. The largest absolute Gasteiger partial charge is 0.508 e. The van der Waals surface area contributed by atoms with E-state index in [1.807, 2.05) is 60.7 Å². The van der Waals surface area contributed by atoms with Gasteiger partial charge in [0, 0.05) is 5.92 Å². The first-order valence-corrected chi connectivity index (χ1v) is 14.5. The molecule has 2 aliphatic heterocycles. The topological polar surface area (TPSA) is 183 Å². The van der Waals surface area contributed by atoms with Crippen LogP contribution in [0, 0.1) is 12.8 Å². The Morgan fingerprint density at radius 1 is 0.787 bits per heavy atom. The molecule has 0 spiro atoms. The van der Waals surface area contributed by atoms with E-state index in [0.717, 1.165) is 17.7 Å². The van der Waals surface area contributed by atoms with Crippen molar-refractivity contribution in [2.24, 2.45) is 5.92 Å². The summed E-state index contributed by atoms with van der Waals surface area (Å²) in [6.07, 6.45) is -1.27. The summed E-state index contributed by atoms with van der Waals surface area (Å²) in [6.45, 7) is 8.79. The molecular weight excluding hydrogens is 620 g/mol. The van der Waals surface area contributed by atoms with Gasteiger partial charge in [-0.2, -0.15) is 9.59 Å². The van der Waals surface area contributed by atoms with E-state index in [2.05, 4.69) is 21.1 Å². The molecule has 4 rings (SSSR count). The molecular formula is C33H41O14+. The second-order valence-corrected chi connectivity index (χ2v) is 10.1. The molecule has 47 heavy (non-hydrogen) atoms. The molecule has 0 aromatic heterocycles. The molecule has 2 heterocycles. The summed E-state index contributed by atoms with van der Waals surface area (Å²) < 4.78 is 38.5. The molecule has 4 unspecified atom stereocenters. The van der Waals surface area contributed by atoms with E-state index >= 15 is 0 Å². The lowest BCUT2D eigenvalue weighted by atomic mass is 10.1. The minimum Gasteiger partial charge on any atom is -0.461 e. The summed E-state index contributed by atoms with van der Waals surface area (Å²) in [5.41, 5.74) is 1.91. The van der Waals surface area contributed by atoms with Crippen molar-refractivity contribution in [2.75, 3.05) is 33.5 Å². The molecule has 2 aromatic rings. The van der Waals surface area contributed by atoms with Crippen LogP contribution in [-0.2, 0) is 70.3 Å². The molecule has 2 saturated heterocycles. The van der Waals surface area contributed by atoms with Crippen molar-refractivity contribution in [3.8, 4) is 0 Å². The Morgan fingerprint density at radius 2 is 1.26 bits per heavy atom. The van der Waals surface area contributed by atoms with Gasteiger partial charge < -0.3 is 37.9 Å². The highest BCUT2D eigenvalue weighted by atomic mass is 16.7. The van der Waals surface area contributed by atoms with Crippen molar-refractivity contribution >= 4 is 30.4 Å². The van der Waals surface area contributed by atoms with Crippen LogP contribution < -0.4 is 0 Å². The van der Waals surface area contributed by atoms with Gasteiger partial charge in [0.05, 0.1) is 46.2 Å². The van der Waals surface area contributed by atoms with E-state index in [1.54, 1.807) is 6.92 Å². The maximum atomic E-state index is 11.8. The predicted molar refractivity (Wildman–Crippen MR) is 161 cm³/mol. The van der Waals surface area contributed by atoms with Gasteiger partial charge in [-0.05, 0) is 18.1 Å². The Labute approximate surface area is 273 Å². The summed E-state index contributed by atoms with van der Waals surface area (Å²) in [5.74, 6) is -0.790. The predicted octanol–water partition coefficient (Wildman–Crippen LogP) is 4.24. The van der Waals surface area contributed by atoms with E-state index in [0.29, 0.717) is 25.7 Å². The molecule has 4 atom stereocenters. The van der Waals surface area contributed by atoms with Crippen molar-refractivity contribution in [2.45, 2.75) is 58.2 Å².